The number of methoxy groups -OCH3 is 2. The highest BCUT2D eigenvalue weighted by Gasteiger charge is 2.17. The number of rotatable bonds is 8. The van der Waals surface area contributed by atoms with Crippen molar-refractivity contribution in [3.05, 3.63) is 46.2 Å². The van der Waals surface area contributed by atoms with E-state index in [1.54, 1.807) is 25.6 Å². The molecule has 0 amide bonds. The van der Waals surface area contributed by atoms with Crippen molar-refractivity contribution in [2.24, 2.45) is 0 Å². The second kappa shape index (κ2) is 8.05. The van der Waals surface area contributed by atoms with Crippen molar-refractivity contribution in [2.45, 2.75) is 25.8 Å². The van der Waals surface area contributed by atoms with Gasteiger partial charge in [-0.2, -0.15) is 0 Å². The van der Waals surface area contributed by atoms with Crippen LogP contribution < -0.4 is 14.8 Å². The van der Waals surface area contributed by atoms with Crippen LogP contribution in [0.5, 0.6) is 11.5 Å². The Kier molecular flexibility index (Phi) is 6.08. The van der Waals surface area contributed by atoms with E-state index in [0.717, 1.165) is 30.9 Å². The van der Waals surface area contributed by atoms with Gasteiger partial charge in [-0.3, -0.25) is 0 Å². The van der Waals surface area contributed by atoms with Gasteiger partial charge in [-0.25, -0.2) is 0 Å². The number of hydrogen-bond donors (Lipinski definition) is 1. The molecular formula is C17H23NO2S. The molecular weight excluding hydrogens is 282 g/mol. The first-order valence-corrected chi connectivity index (χ1v) is 8.14. The smallest absolute Gasteiger partial charge is 0.134 e. The first-order valence-electron chi connectivity index (χ1n) is 7.26. The zero-order valence-corrected chi connectivity index (χ0v) is 13.7. The van der Waals surface area contributed by atoms with E-state index < -0.39 is 0 Å². The third kappa shape index (κ3) is 4.22. The molecule has 0 aliphatic heterocycles. The normalized spacial score (nSPS) is 12.1. The molecule has 1 unspecified atom stereocenters. The highest BCUT2D eigenvalue weighted by atomic mass is 32.1. The third-order valence-electron chi connectivity index (χ3n) is 3.43. The maximum absolute atomic E-state index is 5.47. The Morgan fingerprint density at radius 2 is 1.86 bits per heavy atom. The van der Waals surface area contributed by atoms with Crippen molar-refractivity contribution in [3.63, 3.8) is 0 Å². The summed E-state index contributed by atoms with van der Waals surface area (Å²) in [6.07, 6.45) is 2.06. The maximum Gasteiger partial charge on any atom is 0.134 e. The highest BCUT2D eigenvalue weighted by Crippen LogP contribution is 2.33. The van der Waals surface area contributed by atoms with E-state index >= 15 is 0 Å². The average Bonchev–Trinajstić information content (AvgIpc) is 3.00. The van der Waals surface area contributed by atoms with Crippen LogP contribution in [0, 0.1) is 0 Å². The minimum atomic E-state index is 0.285. The Morgan fingerprint density at radius 1 is 1.10 bits per heavy atom. The van der Waals surface area contributed by atoms with Crippen LogP contribution in [0.2, 0.25) is 0 Å². The predicted octanol–water partition coefficient (Wildman–Crippen LogP) is 4.05. The molecule has 0 spiro atoms. The summed E-state index contributed by atoms with van der Waals surface area (Å²) in [5, 5.41) is 5.71. The van der Waals surface area contributed by atoms with Gasteiger partial charge in [0.2, 0.25) is 0 Å². The van der Waals surface area contributed by atoms with Gasteiger partial charge in [0, 0.05) is 6.04 Å². The minimum Gasteiger partial charge on any atom is -0.497 e. The zero-order chi connectivity index (χ0) is 15.1. The molecule has 1 aromatic carbocycles. The summed E-state index contributed by atoms with van der Waals surface area (Å²) in [6.45, 7) is 3.19. The summed E-state index contributed by atoms with van der Waals surface area (Å²) in [4.78, 5) is 1.27. The van der Waals surface area contributed by atoms with E-state index in [1.807, 2.05) is 18.2 Å². The number of ether oxygens (including phenoxy) is 2. The summed E-state index contributed by atoms with van der Waals surface area (Å²) in [5.74, 6) is 1.87. The van der Waals surface area contributed by atoms with E-state index in [4.69, 9.17) is 9.47 Å². The number of nitrogens with one attached hydrogen (secondary N) is 1. The fourth-order valence-corrected chi connectivity index (χ4v) is 3.24. The van der Waals surface area contributed by atoms with E-state index in [2.05, 4.69) is 29.8 Å². The van der Waals surface area contributed by atoms with Crippen LogP contribution in [0.15, 0.2) is 35.7 Å². The summed E-state index contributed by atoms with van der Waals surface area (Å²) < 4.78 is 10.7. The van der Waals surface area contributed by atoms with E-state index in [-0.39, 0.29) is 6.04 Å². The van der Waals surface area contributed by atoms with Gasteiger partial charge >= 0.3 is 0 Å². The lowest BCUT2D eigenvalue weighted by molar-refractivity contribution is 0.402. The fraction of sp³-hybridized carbons (Fsp3) is 0.412. The van der Waals surface area contributed by atoms with Crippen molar-refractivity contribution in [1.82, 2.24) is 5.32 Å². The Labute approximate surface area is 130 Å². The summed E-state index contributed by atoms with van der Waals surface area (Å²) >= 11 is 1.75. The topological polar surface area (TPSA) is 30.5 Å². The molecule has 3 nitrogen and oxygen atoms in total. The Hall–Kier alpha value is -1.52. The molecule has 0 bridgehead atoms. The molecule has 0 aliphatic rings. The molecule has 0 radical (unpaired) electrons. The van der Waals surface area contributed by atoms with E-state index in [9.17, 15) is 0 Å². The Morgan fingerprint density at radius 3 is 2.48 bits per heavy atom. The second-order valence-electron chi connectivity index (χ2n) is 4.91. The van der Waals surface area contributed by atoms with Gasteiger partial charge in [0.05, 0.1) is 19.1 Å². The highest BCUT2D eigenvalue weighted by molar-refractivity contribution is 7.10. The van der Waals surface area contributed by atoms with Crippen molar-refractivity contribution in [2.75, 3.05) is 20.8 Å². The fourth-order valence-electron chi connectivity index (χ4n) is 2.31. The van der Waals surface area contributed by atoms with Crippen molar-refractivity contribution >= 4 is 11.3 Å². The molecule has 0 aliphatic carbocycles. The minimum absolute atomic E-state index is 0.285. The molecule has 21 heavy (non-hydrogen) atoms. The SMILES string of the molecule is CCCNC(Cc1ccc(OC)cc1)c1sccc1OC. The van der Waals surface area contributed by atoms with Gasteiger partial charge in [0.1, 0.15) is 11.5 Å². The molecule has 1 heterocycles. The molecule has 1 aromatic heterocycles. The van der Waals surface area contributed by atoms with Gasteiger partial charge in [-0.15, -0.1) is 11.3 Å². The quantitative estimate of drug-likeness (QED) is 0.798. The summed E-state index contributed by atoms with van der Waals surface area (Å²) in [7, 11) is 3.42. The molecule has 1 atom stereocenters. The summed E-state index contributed by atoms with van der Waals surface area (Å²) in [6, 6.07) is 10.6. The van der Waals surface area contributed by atoms with E-state index in [0.29, 0.717) is 0 Å². The standard InChI is InChI=1S/C17H23NO2S/c1-4-10-18-15(17-16(20-3)9-11-21-17)12-13-5-7-14(19-2)8-6-13/h5-9,11,15,18H,4,10,12H2,1-3H3. The lowest BCUT2D eigenvalue weighted by atomic mass is 10.0. The molecule has 2 aromatic rings. The van der Waals surface area contributed by atoms with Crippen LogP contribution in [0.25, 0.3) is 0 Å². The molecule has 114 valence electrons. The van der Waals surface area contributed by atoms with Gasteiger partial charge < -0.3 is 14.8 Å². The monoisotopic (exact) mass is 305 g/mol. The van der Waals surface area contributed by atoms with Gasteiger partial charge in [-0.1, -0.05) is 19.1 Å². The number of hydrogen-bond acceptors (Lipinski definition) is 4. The molecule has 0 fully saturated rings. The molecule has 0 saturated heterocycles. The summed E-state index contributed by atoms with van der Waals surface area (Å²) in [5.41, 5.74) is 1.29. The van der Waals surface area contributed by atoms with Crippen LogP contribution in [0.4, 0.5) is 0 Å². The van der Waals surface area contributed by atoms with Crippen molar-refractivity contribution < 1.29 is 9.47 Å². The van der Waals surface area contributed by atoms with Crippen LogP contribution in [-0.4, -0.2) is 20.8 Å². The largest absolute Gasteiger partial charge is 0.497 e. The Bertz CT molecular complexity index is 536. The van der Waals surface area contributed by atoms with Crippen LogP contribution in [0.1, 0.15) is 29.8 Å². The van der Waals surface area contributed by atoms with Crippen LogP contribution in [-0.2, 0) is 6.42 Å². The first-order chi connectivity index (χ1) is 10.3. The molecule has 0 saturated carbocycles. The van der Waals surface area contributed by atoms with Gasteiger partial charge in [-0.05, 0) is 48.5 Å². The Balaban J connectivity index is 2.15. The molecule has 2 rings (SSSR count). The predicted molar refractivity (Wildman–Crippen MR) is 88.6 cm³/mol. The average molecular weight is 305 g/mol. The molecule has 4 heteroatoms. The number of thiophene rings is 1. The van der Waals surface area contributed by atoms with Crippen molar-refractivity contribution in [1.29, 1.82) is 0 Å². The lowest BCUT2D eigenvalue weighted by Gasteiger charge is -2.19. The zero-order valence-electron chi connectivity index (χ0n) is 12.9. The number of benzene rings is 1. The maximum atomic E-state index is 5.47. The first kappa shape index (κ1) is 15.9. The lowest BCUT2D eigenvalue weighted by Crippen LogP contribution is -2.23. The second-order valence-corrected chi connectivity index (χ2v) is 5.86. The third-order valence-corrected chi connectivity index (χ3v) is 4.45. The molecule has 1 N–H and O–H groups in total. The van der Waals surface area contributed by atoms with Crippen molar-refractivity contribution in [3.8, 4) is 11.5 Å². The van der Waals surface area contributed by atoms with Crippen LogP contribution >= 0.6 is 11.3 Å². The van der Waals surface area contributed by atoms with Crippen LogP contribution in [0.3, 0.4) is 0 Å². The van der Waals surface area contributed by atoms with Gasteiger partial charge in [0.15, 0.2) is 0 Å². The van der Waals surface area contributed by atoms with E-state index in [1.165, 1.54) is 10.4 Å². The van der Waals surface area contributed by atoms with Gasteiger partial charge in [0.25, 0.3) is 0 Å².